The van der Waals surface area contributed by atoms with Gasteiger partial charge < -0.3 is 0 Å². The summed E-state index contributed by atoms with van der Waals surface area (Å²) in [4.78, 5) is 10.3. The zero-order valence-corrected chi connectivity index (χ0v) is 4.40. The number of rotatable bonds is 2. The van der Waals surface area contributed by atoms with Crippen LogP contribution in [0.3, 0.4) is 0 Å². The molecule has 1 heteroatoms. The van der Waals surface area contributed by atoms with Crippen LogP contribution in [0.4, 0.5) is 0 Å². The number of ketones is 1. The van der Waals surface area contributed by atoms with Gasteiger partial charge in [0.05, 0.1) is 0 Å². The van der Waals surface area contributed by atoms with Gasteiger partial charge in [-0.1, -0.05) is 13.5 Å². The second kappa shape index (κ2) is 2.56. The standard InChI is InChI=1S/C6H8O/c1-4-6(7)5(2)3/h2H,3-4H2,1H3. The Morgan fingerprint density at radius 3 is 2.29 bits per heavy atom. The number of carbonyl (C=O) groups is 1. The molecule has 0 fully saturated rings. The zero-order valence-electron chi connectivity index (χ0n) is 4.40. The van der Waals surface area contributed by atoms with Crippen molar-refractivity contribution < 1.29 is 4.79 Å². The Kier molecular flexibility index (Phi) is 2.34. The van der Waals surface area contributed by atoms with E-state index in [9.17, 15) is 4.79 Å². The van der Waals surface area contributed by atoms with E-state index in [1.807, 2.05) is 0 Å². The number of hydrogen-bond donors (Lipinski definition) is 0. The highest BCUT2D eigenvalue weighted by Crippen LogP contribution is 1.90. The molecule has 0 bridgehead atoms. The van der Waals surface area contributed by atoms with E-state index < -0.39 is 0 Å². The number of Topliss-reactive ketones (excluding diaryl/α,β-unsaturated/α-hetero) is 1. The summed E-state index contributed by atoms with van der Waals surface area (Å²) in [6.07, 6.45) is 0.454. The van der Waals surface area contributed by atoms with E-state index >= 15 is 0 Å². The Morgan fingerprint density at radius 2 is 2.29 bits per heavy atom. The van der Waals surface area contributed by atoms with Crippen LogP contribution >= 0.6 is 0 Å². The van der Waals surface area contributed by atoms with Crippen LogP contribution in [0.15, 0.2) is 5.57 Å². The molecule has 0 aliphatic rings. The van der Waals surface area contributed by atoms with E-state index in [1.165, 1.54) is 0 Å². The lowest BCUT2D eigenvalue weighted by Crippen LogP contribution is -1.93. The van der Waals surface area contributed by atoms with Gasteiger partial charge in [0.2, 0.25) is 0 Å². The van der Waals surface area contributed by atoms with E-state index in [-0.39, 0.29) is 11.4 Å². The maximum absolute atomic E-state index is 10.3. The summed E-state index contributed by atoms with van der Waals surface area (Å²) in [5, 5.41) is 0. The molecule has 0 rings (SSSR count). The lowest BCUT2D eigenvalue weighted by Gasteiger charge is -1.87. The summed E-state index contributed by atoms with van der Waals surface area (Å²) in [5.74, 6) is -0.0694. The van der Waals surface area contributed by atoms with Crippen molar-refractivity contribution in [2.75, 3.05) is 0 Å². The Morgan fingerprint density at radius 1 is 1.86 bits per heavy atom. The van der Waals surface area contributed by atoms with Crippen molar-refractivity contribution in [3.05, 3.63) is 19.1 Å². The summed E-state index contributed by atoms with van der Waals surface area (Å²) in [6.45, 7) is 10.0. The second-order valence-corrected chi connectivity index (χ2v) is 1.30. The lowest BCUT2D eigenvalue weighted by molar-refractivity contribution is -0.115. The average Bonchev–Trinajstić information content (AvgIpc) is 1.65. The molecule has 0 heterocycles. The molecule has 0 atom stereocenters. The fourth-order valence-electron chi connectivity index (χ4n) is 0.227. The summed E-state index contributed by atoms with van der Waals surface area (Å²) < 4.78 is 0. The van der Waals surface area contributed by atoms with Gasteiger partial charge in [-0.25, -0.2) is 0 Å². The van der Waals surface area contributed by atoms with Crippen LogP contribution in [-0.2, 0) is 4.79 Å². The van der Waals surface area contributed by atoms with Crippen LogP contribution in [0.1, 0.15) is 13.3 Å². The van der Waals surface area contributed by atoms with Gasteiger partial charge in [-0.05, 0) is 12.5 Å². The third-order valence-corrected chi connectivity index (χ3v) is 0.679. The van der Waals surface area contributed by atoms with Crippen molar-refractivity contribution >= 4 is 5.78 Å². The Bertz CT molecular complexity index is 92.4. The minimum atomic E-state index is -0.0694. The summed E-state index contributed by atoms with van der Waals surface area (Å²) in [7, 11) is 0. The molecular weight excluding hydrogens is 88.1 g/mol. The summed E-state index contributed by atoms with van der Waals surface area (Å²) in [6, 6.07) is 0. The molecule has 0 spiro atoms. The molecule has 0 aromatic heterocycles. The molecule has 0 unspecified atom stereocenters. The average molecular weight is 96.1 g/mol. The monoisotopic (exact) mass is 96.1 g/mol. The quantitative estimate of drug-likeness (QED) is 0.471. The van der Waals surface area contributed by atoms with E-state index in [1.54, 1.807) is 6.92 Å². The van der Waals surface area contributed by atoms with E-state index in [4.69, 9.17) is 6.58 Å². The van der Waals surface area contributed by atoms with Crippen molar-refractivity contribution in [1.29, 1.82) is 0 Å². The lowest BCUT2D eigenvalue weighted by atomic mass is 10.2. The molecule has 1 nitrogen and oxygen atoms in total. The SMILES string of the molecule is [CH]=C([CH2])C(=O)CC. The third-order valence-electron chi connectivity index (χ3n) is 0.679. The predicted octanol–water partition coefficient (Wildman–Crippen LogP) is 1.16. The van der Waals surface area contributed by atoms with Crippen molar-refractivity contribution in [3.63, 3.8) is 0 Å². The van der Waals surface area contributed by atoms with Crippen LogP contribution in [-0.4, -0.2) is 5.78 Å². The van der Waals surface area contributed by atoms with E-state index in [0.29, 0.717) is 6.42 Å². The molecular formula is C6H8O. The molecule has 0 aromatic carbocycles. The molecule has 0 saturated heterocycles. The third kappa shape index (κ3) is 2.15. The van der Waals surface area contributed by atoms with Gasteiger partial charge in [0.15, 0.2) is 5.78 Å². The van der Waals surface area contributed by atoms with E-state index in [2.05, 4.69) is 6.92 Å². The molecule has 0 amide bonds. The molecule has 0 saturated carbocycles. The van der Waals surface area contributed by atoms with Gasteiger partial charge in [0.1, 0.15) is 0 Å². The normalized spacial score (nSPS) is 8.29. The highest BCUT2D eigenvalue weighted by atomic mass is 16.1. The molecule has 7 heavy (non-hydrogen) atoms. The predicted molar refractivity (Wildman–Crippen MR) is 28.5 cm³/mol. The van der Waals surface area contributed by atoms with E-state index in [0.717, 1.165) is 0 Å². The first-order valence-corrected chi connectivity index (χ1v) is 2.16. The van der Waals surface area contributed by atoms with Crippen LogP contribution in [0, 0.1) is 13.5 Å². The molecule has 0 aromatic rings. The fourth-order valence-corrected chi connectivity index (χ4v) is 0.227. The largest absolute Gasteiger partial charge is 0.295 e. The van der Waals surface area contributed by atoms with Crippen molar-refractivity contribution in [2.24, 2.45) is 0 Å². The van der Waals surface area contributed by atoms with Crippen LogP contribution in [0.2, 0.25) is 0 Å². The summed E-state index contributed by atoms with van der Waals surface area (Å²) >= 11 is 0. The smallest absolute Gasteiger partial charge is 0.158 e. The maximum atomic E-state index is 10.3. The fraction of sp³-hybridized carbons (Fsp3) is 0.333. The Labute approximate surface area is 44.0 Å². The van der Waals surface area contributed by atoms with Gasteiger partial charge in [-0.3, -0.25) is 4.79 Å². The number of allylic oxidation sites excluding steroid dienone is 1. The first kappa shape index (κ1) is 6.41. The summed E-state index contributed by atoms with van der Waals surface area (Å²) in [5.41, 5.74) is 0.155. The van der Waals surface area contributed by atoms with Crippen LogP contribution in [0.25, 0.3) is 0 Å². The Balaban J connectivity index is 3.58. The van der Waals surface area contributed by atoms with Gasteiger partial charge >= 0.3 is 0 Å². The maximum Gasteiger partial charge on any atom is 0.158 e. The number of hydrogen-bond acceptors (Lipinski definition) is 1. The minimum Gasteiger partial charge on any atom is -0.295 e. The van der Waals surface area contributed by atoms with Crippen molar-refractivity contribution in [3.8, 4) is 0 Å². The van der Waals surface area contributed by atoms with Gasteiger partial charge in [-0.15, -0.1) is 0 Å². The van der Waals surface area contributed by atoms with Crippen molar-refractivity contribution in [2.45, 2.75) is 13.3 Å². The molecule has 0 N–H and O–H groups in total. The van der Waals surface area contributed by atoms with Crippen LogP contribution < -0.4 is 0 Å². The number of carbonyl (C=O) groups excluding carboxylic acids is 1. The molecule has 38 valence electrons. The first-order valence-electron chi connectivity index (χ1n) is 2.16. The molecule has 0 aliphatic carbocycles. The highest BCUT2D eigenvalue weighted by Gasteiger charge is 1.94. The zero-order chi connectivity index (χ0) is 5.86. The van der Waals surface area contributed by atoms with Gasteiger partial charge in [0, 0.05) is 6.42 Å². The Hall–Kier alpha value is -0.590. The second-order valence-electron chi connectivity index (χ2n) is 1.30. The van der Waals surface area contributed by atoms with Gasteiger partial charge in [-0.2, -0.15) is 0 Å². The molecule has 2 radical (unpaired) electrons. The molecule has 0 aliphatic heterocycles. The van der Waals surface area contributed by atoms with Crippen molar-refractivity contribution in [1.82, 2.24) is 0 Å². The minimum absolute atomic E-state index is 0.0694. The van der Waals surface area contributed by atoms with Gasteiger partial charge in [0.25, 0.3) is 0 Å². The van der Waals surface area contributed by atoms with Crippen LogP contribution in [0.5, 0.6) is 0 Å². The first-order chi connectivity index (χ1) is 3.18. The highest BCUT2D eigenvalue weighted by molar-refractivity contribution is 5.94. The topological polar surface area (TPSA) is 17.1 Å².